The zero-order chi connectivity index (χ0) is 31.5. The summed E-state index contributed by atoms with van der Waals surface area (Å²) >= 11 is 0. The molecule has 3 nitrogen and oxygen atoms in total. The number of rotatable bonds is 4. The van der Waals surface area contributed by atoms with Crippen LogP contribution in [0.25, 0.3) is 77.7 Å². The lowest BCUT2D eigenvalue weighted by Crippen LogP contribution is -2.14. The Bertz CT molecular complexity index is 2490. The Morgan fingerprint density at radius 2 is 1.13 bits per heavy atom. The highest BCUT2D eigenvalue weighted by atomic mass is 14.9. The van der Waals surface area contributed by atoms with E-state index in [2.05, 4.69) is 134 Å². The van der Waals surface area contributed by atoms with Gasteiger partial charge in [0, 0.05) is 39.9 Å². The number of fused-ring (bicyclic) bond motifs is 5. The minimum Gasteiger partial charge on any atom is -0.264 e. The second-order valence-electron chi connectivity index (χ2n) is 12.9. The van der Waals surface area contributed by atoms with Crippen LogP contribution in [-0.4, -0.2) is 15.0 Å². The topological polar surface area (TPSA) is 38.7 Å². The first-order valence-corrected chi connectivity index (χ1v) is 16.1. The van der Waals surface area contributed by atoms with Gasteiger partial charge < -0.3 is 0 Å². The molecule has 0 spiro atoms. The molecule has 0 saturated carbocycles. The first-order valence-electron chi connectivity index (χ1n) is 16.1. The number of hydrogen-bond acceptors (Lipinski definition) is 3. The van der Waals surface area contributed by atoms with Crippen LogP contribution in [0.5, 0.6) is 0 Å². The molecular weight excluding hydrogens is 571 g/mol. The Kier molecular flexibility index (Phi) is 6.16. The van der Waals surface area contributed by atoms with Crippen molar-refractivity contribution in [3.8, 4) is 56.2 Å². The highest BCUT2D eigenvalue weighted by Gasteiger charge is 2.35. The van der Waals surface area contributed by atoms with Crippen LogP contribution < -0.4 is 0 Å². The highest BCUT2D eigenvalue weighted by molar-refractivity contribution is 6.05. The fraction of sp³-hybridized carbons (Fsp3) is 0.0682. The van der Waals surface area contributed by atoms with E-state index in [9.17, 15) is 0 Å². The molecule has 222 valence electrons. The van der Waals surface area contributed by atoms with Crippen LogP contribution in [0.1, 0.15) is 25.0 Å². The molecule has 3 heteroatoms. The third-order valence-corrected chi connectivity index (χ3v) is 9.79. The van der Waals surface area contributed by atoms with Crippen molar-refractivity contribution in [2.75, 3.05) is 0 Å². The third-order valence-electron chi connectivity index (χ3n) is 9.79. The SMILES string of the molecule is CC1(C)c2ccccc2-c2ccc(-c3ccc(-c4cc(-c5ccc6ccncc6c5)nc(-c5ccccc5)n4)c4ccccc34)cc21. The van der Waals surface area contributed by atoms with Crippen LogP contribution in [0.2, 0.25) is 0 Å². The Morgan fingerprint density at radius 1 is 0.447 bits per heavy atom. The van der Waals surface area contributed by atoms with E-state index in [1.165, 1.54) is 44.2 Å². The van der Waals surface area contributed by atoms with Gasteiger partial charge in [-0.15, -0.1) is 0 Å². The van der Waals surface area contributed by atoms with E-state index in [0.717, 1.165) is 38.9 Å². The summed E-state index contributed by atoms with van der Waals surface area (Å²) in [6.07, 6.45) is 3.74. The average molecular weight is 602 g/mol. The third kappa shape index (κ3) is 4.46. The second-order valence-corrected chi connectivity index (χ2v) is 12.9. The van der Waals surface area contributed by atoms with Crippen molar-refractivity contribution < 1.29 is 0 Å². The van der Waals surface area contributed by atoms with Gasteiger partial charge in [0.1, 0.15) is 0 Å². The molecule has 2 aromatic heterocycles. The van der Waals surface area contributed by atoms with E-state index in [0.29, 0.717) is 5.82 Å². The molecule has 2 heterocycles. The molecule has 6 aromatic carbocycles. The first kappa shape index (κ1) is 27.4. The fourth-order valence-electron chi connectivity index (χ4n) is 7.34. The summed E-state index contributed by atoms with van der Waals surface area (Å²) in [7, 11) is 0. The van der Waals surface area contributed by atoms with Crippen LogP contribution in [0.4, 0.5) is 0 Å². The minimum atomic E-state index is -0.0539. The first-order chi connectivity index (χ1) is 23.0. The Balaban J connectivity index is 1.22. The molecule has 0 bridgehead atoms. The van der Waals surface area contributed by atoms with Gasteiger partial charge in [0.2, 0.25) is 0 Å². The predicted octanol–water partition coefficient (Wildman–Crippen LogP) is 11.2. The lowest BCUT2D eigenvalue weighted by Gasteiger charge is -2.22. The van der Waals surface area contributed by atoms with Crippen molar-refractivity contribution in [2.45, 2.75) is 19.3 Å². The molecule has 1 aliphatic rings. The molecule has 0 amide bonds. The molecule has 8 aromatic rings. The standard InChI is InChI=1S/C44H31N3/c1-44(2)39-15-9-8-14-36(39)37-19-18-30(25-40(37)44)33-20-21-38(35-13-7-6-12-34(33)35)42-26-41(46-43(47-42)29-10-4-3-5-11-29)31-17-16-28-22-23-45-27-32(28)24-31/h3-27H,1-2H3. The minimum absolute atomic E-state index is 0.0539. The molecule has 0 N–H and O–H groups in total. The summed E-state index contributed by atoms with van der Waals surface area (Å²) in [6, 6.07) is 49.8. The number of benzene rings is 6. The summed E-state index contributed by atoms with van der Waals surface area (Å²) in [5.74, 6) is 0.706. The predicted molar refractivity (Wildman–Crippen MR) is 194 cm³/mol. The second kappa shape index (κ2) is 10.6. The lowest BCUT2D eigenvalue weighted by atomic mass is 9.81. The summed E-state index contributed by atoms with van der Waals surface area (Å²) < 4.78 is 0. The maximum absolute atomic E-state index is 5.18. The quantitative estimate of drug-likeness (QED) is 0.201. The number of pyridine rings is 1. The van der Waals surface area contributed by atoms with Crippen molar-refractivity contribution in [1.82, 2.24) is 15.0 Å². The lowest BCUT2D eigenvalue weighted by molar-refractivity contribution is 0.660. The molecule has 1 aliphatic carbocycles. The van der Waals surface area contributed by atoms with Crippen LogP contribution in [0.15, 0.2) is 152 Å². The van der Waals surface area contributed by atoms with E-state index < -0.39 is 0 Å². The van der Waals surface area contributed by atoms with E-state index in [1.54, 1.807) is 0 Å². The van der Waals surface area contributed by atoms with Gasteiger partial charge in [0.15, 0.2) is 5.82 Å². The van der Waals surface area contributed by atoms with Crippen LogP contribution in [0, 0.1) is 0 Å². The molecule has 0 radical (unpaired) electrons. The monoisotopic (exact) mass is 601 g/mol. The number of aromatic nitrogens is 3. The average Bonchev–Trinajstić information content (AvgIpc) is 3.36. The van der Waals surface area contributed by atoms with Gasteiger partial charge in [0.25, 0.3) is 0 Å². The molecule has 0 saturated heterocycles. The van der Waals surface area contributed by atoms with Gasteiger partial charge in [-0.25, -0.2) is 9.97 Å². The van der Waals surface area contributed by atoms with Crippen molar-refractivity contribution in [3.05, 3.63) is 163 Å². The van der Waals surface area contributed by atoms with Crippen LogP contribution in [0.3, 0.4) is 0 Å². The van der Waals surface area contributed by atoms with Crippen LogP contribution in [-0.2, 0) is 5.41 Å². The van der Waals surface area contributed by atoms with Crippen molar-refractivity contribution in [1.29, 1.82) is 0 Å². The molecule has 0 atom stereocenters. The Hall–Kier alpha value is -5.93. The van der Waals surface area contributed by atoms with E-state index in [4.69, 9.17) is 9.97 Å². The molecular formula is C44H31N3. The summed E-state index contributed by atoms with van der Waals surface area (Å²) in [6.45, 7) is 4.68. The summed E-state index contributed by atoms with van der Waals surface area (Å²) in [4.78, 5) is 14.6. The normalized spacial score (nSPS) is 13.1. The van der Waals surface area contributed by atoms with Gasteiger partial charge in [-0.1, -0.05) is 129 Å². The fourth-order valence-corrected chi connectivity index (χ4v) is 7.34. The van der Waals surface area contributed by atoms with Gasteiger partial charge in [-0.05, 0) is 73.8 Å². The molecule has 0 unspecified atom stereocenters. The van der Waals surface area contributed by atoms with Crippen molar-refractivity contribution >= 4 is 21.5 Å². The number of nitrogens with zero attached hydrogens (tertiary/aromatic N) is 3. The van der Waals surface area contributed by atoms with Crippen LogP contribution >= 0.6 is 0 Å². The summed E-state index contributed by atoms with van der Waals surface area (Å²) in [5, 5.41) is 4.61. The van der Waals surface area contributed by atoms with E-state index in [-0.39, 0.29) is 5.41 Å². The molecule has 0 fully saturated rings. The maximum atomic E-state index is 5.18. The molecule has 47 heavy (non-hydrogen) atoms. The van der Waals surface area contributed by atoms with Gasteiger partial charge >= 0.3 is 0 Å². The zero-order valence-corrected chi connectivity index (χ0v) is 26.3. The van der Waals surface area contributed by atoms with Crippen molar-refractivity contribution in [2.24, 2.45) is 0 Å². The largest absolute Gasteiger partial charge is 0.264 e. The zero-order valence-electron chi connectivity index (χ0n) is 26.3. The van der Waals surface area contributed by atoms with Crippen molar-refractivity contribution in [3.63, 3.8) is 0 Å². The smallest absolute Gasteiger partial charge is 0.160 e. The molecule has 0 aliphatic heterocycles. The number of hydrogen-bond donors (Lipinski definition) is 0. The van der Waals surface area contributed by atoms with E-state index >= 15 is 0 Å². The van der Waals surface area contributed by atoms with Gasteiger partial charge in [0.05, 0.1) is 11.4 Å². The molecule has 9 rings (SSSR count). The van der Waals surface area contributed by atoms with E-state index in [1.807, 2.05) is 36.7 Å². The van der Waals surface area contributed by atoms with Gasteiger partial charge in [-0.2, -0.15) is 0 Å². The Morgan fingerprint density at radius 3 is 2.00 bits per heavy atom. The Labute approximate surface area is 274 Å². The van der Waals surface area contributed by atoms with Gasteiger partial charge in [-0.3, -0.25) is 4.98 Å². The highest BCUT2D eigenvalue weighted by Crippen LogP contribution is 2.50. The maximum Gasteiger partial charge on any atom is 0.160 e. The summed E-state index contributed by atoms with van der Waals surface area (Å²) in [5.41, 5.74) is 12.7.